The molecule has 5 nitrogen and oxygen atoms in total. The Morgan fingerprint density at radius 2 is 1.85 bits per heavy atom. The Hall–Kier alpha value is -2.25. The Labute approximate surface area is 113 Å². The van der Waals surface area contributed by atoms with Gasteiger partial charge in [0.1, 0.15) is 0 Å². The highest BCUT2D eigenvalue weighted by Gasteiger charge is 2.47. The molecule has 2 N–H and O–H groups in total. The van der Waals surface area contributed by atoms with Gasteiger partial charge in [-0.15, -0.1) is 0 Å². The van der Waals surface area contributed by atoms with Gasteiger partial charge in [-0.1, -0.05) is 18.2 Å². The monoisotopic (exact) mass is 290 g/mol. The van der Waals surface area contributed by atoms with E-state index in [1.165, 1.54) is 19.1 Å². The lowest BCUT2D eigenvalue weighted by Gasteiger charge is -2.20. The van der Waals surface area contributed by atoms with Gasteiger partial charge in [0.25, 0.3) is 0 Å². The Kier molecular flexibility index (Phi) is 5.36. The van der Waals surface area contributed by atoms with Crippen molar-refractivity contribution in [3.8, 4) is 0 Å². The summed E-state index contributed by atoms with van der Waals surface area (Å²) in [5.41, 5.74) is 0.301. The van der Waals surface area contributed by atoms with Crippen molar-refractivity contribution < 1.29 is 27.5 Å². The molecule has 0 bridgehead atoms. The van der Waals surface area contributed by atoms with E-state index in [9.17, 15) is 22.8 Å². The summed E-state index contributed by atoms with van der Waals surface area (Å²) in [6.45, 7) is 1.16. The van der Waals surface area contributed by atoms with Crippen LogP contribution in [0.4, 0.5) is 23.7 Å². The van der Waals surface area contributed by atoms with E-state index in [2.05, 4.69) is 10.1 Å². The van der Waals surface area contributed by atoms with E-state index in [1.54, 1.807) is 23.5 Å². The molecule has 0 radical (unpaired) electrons. The predicted molar refractivity (Wildman–Crippen MR) is 65.1 cm³/mol. The zero-order valence-electron chi connectivity index (χ0n) is 10.5. The molecule has 0 aliphatic rings. The van der Waals surface area contributed by atoms with Crippen LogP contribution in [0.3, 0.4) is 0 Å². The van der Waals surface area contributed by atoms with Crippen LogP contribution in [-0.2, 0) is 9.53 Å². The summed E-state index contributed by atoms with van der Waals surface area (Å²) >= 11 is 0. The van der Waals surface area contributed by atoms with Crippen molar-refractivity contribution in [2.75, 3.05) is 11.9 Å². The third kappa shape index (κ3) is 4.79. The Morgan fingerprint density at radius 1 is 1.25 bits per heavy atom. The number of hydrogen-bond acceptors (Lipinski definition) is 3. The normalized spacial score (nSPS) is 12.4. The van der Waals surface area contributed by atoms with E-state index in [0.717, 1.165) is 0 Å². The second-order valence-corrected chi connectivity index (χ2v) is 3.69. The first-order valence-corrected chi connectivity index (χ1v) is 5.70. The van der Waals surface area contributed by atoms with E-state index < -0.39 is 24.2 Å². The van der Waals surface area contributed by atoms with E-state index in [1.807, 2.05) is 0 Å². The number of para-hydroxylation sites is 1. The molecule has 1 aromatic rings. The number of nitrogens with one attached hydrogen (secondary N) is 2. The van der Waals surface area contributed by atoms with Gasteiger partial charge in [0, 0.05) is 5.69 Å². The Bertz CT molecular complexity index is 463. The van der Waals surface area contributed by atoms with Crippen LogP contribution in [-0.4, -0.2) is 30.8 Å². The molecule has 110 valence electrons. The van der Waals surface area contributed by atoms with Gasteiger partial charge in [-0.2, -0.15) is 13.2 Å². The van der Waals surface area contributed by atoms with E-state index in [-0.39, 0.29) is 6.61 Å². The molecule has 0 heterocycles. The molecular weight excluding hydrogens is 277 g/mol. The number of rotatable bonds is 4. The number of alkyl halides is 3. The summed E-state index contributed by atoms with van der Waals surface area (Å²) in [5.74, 6) is -1.55. The topological polar surface area (TPSA) is 67.4 Å². The molecule has 1 rings (SSSR count). The number of anilines is 1. The van der Waals surface area contributed by atoms with Crippen LogP contribution in [0.1, 0.15) is 6.92 Å². The first-order valence-electron chi connectivity index (χ1n) is 5.70. The molecule has 0 aliphatic heterocycles. The summed E-state index contributed by atoms with van der Waals surface area (Å²) in [5, 5.41) is 3.72. The molecule has 1 aromatic carbocycles. The van der Waals surface area contributed by atoms with Crippen molar-refractivity contribution in [2.45, 2.75) is 19.1 Å². The van der Waals surface area contributed by atoms with Crippen molar-refractivity contribution in [1.29, 1.82) is 0 Å². The molecule has 0 unspecified atom stereocenters. The third-order valence-electron chi connectivity index (χ3n) is 2.16. The van der Waals surface area contributed by atoms with Crippen molar-refractivity contribution in [1.82, 2.24) is 5.32 Å². The number of urea groups is 1. The maximum atomic E-state index is 12.6. The zero-order valence-corrected chi connectivity index (χ0v) is 10.5. The van der Waals surface area contributed by atoms with Crippen LogP contribution in [0.5, 0.6) is 0 Å². The number of esters is 1. The minimum absolute atomic E-state index is 0.215. The van der Waals surface area contributed by atoms with Crippen molar-refractivity contribution in [2.24, 2.45) is 0 Å². The summed E-state index contributed by atoms with van der Waals surface area (Å²) in [7, 11) is 0. The van der Waals surface area contributed by atoms with Gasteiger partial charge in [0.2, 0.25) is 6.04 Å². The minimum Gasteiger partial charge on any atom is -0.464 e. The highest BCUT2D eigenvalue weighted by atomic mass is 19.4. The molecule has 2 amide bonds. The van der Waals surface area contributed by atoms with E-state index in [0.29, 0.717) is 5.69 Å². The number of benzene rings is 1. The average Bonchev–Trinajstić information content (AvgIpc) is 2.36. The maximum Gasteiger partial charge on any atom is 0.419 e. The third-order valence-corrected chi connectivity index (χ3v) is 2.16. The van der Waals surface area contributed by atoms with Gasteiger partial charge < -0.3 is 15.4 Å². The highest BCUT2D eigenvalue weighted by Crippen LogP contribution is 2.21. The first-order chi connectivity index (χ1) is 9.34. The van der Waals surface area contributed by atoms with Crippen LogP contribution in [0, 0.1) is 0 Å². The smallest absolute Gasteiger partial charge is 0.419 e. The first kappa shape index (κ1) is 15.8. The lowest BCUT2D eigenvalue weighted by molar-refractivity contribution is -0.182. The van der Waals surface area contributed by atoms with Gasteiger partial charge in [-0.3, -0.25) is 0 Å². The Morgan fingerprint density at radius 3 is 2.35 bits per heavy atom. The number of carbonyl (C=O) groups excluding carboxylic acids is 2. The highest BCUT2D eigenvalue weighted by molar-refractivity contribution is 5.92. The molecule has 20 heavy (non-hydrogen) atoms. The molecule has 0 saturated heterocycles. The fourth-order valence-corrected chi connectivity index (χ4v) is 1.32. The SMILES string of the molecule is CCOC(=O)[C@H](NC(=O)Nc1ccccc1)C(F)(F)F. The van der Waals surface area contributed by atoms with Crippen LogP contribution in [0.15, 0.2) is 30.3 Å². The van der Waals surface area contributed by atoms with Gasteiger partial charge in [0.05, 0.1) is 6.61 Å². The quantitative estimate of drug-likeness (QED) is 0.836. The number of ether oxygens (including phenoxy) is 1. The van der Waals surface area contributed by atoms with Crippen LogP contribution >= 0.6 is 0 Å². The second-order valence-electron chi connectivity index (χ2n) is 3.69. The fourth-order valence-electron chi connectivity index (χ4n) is 1.32. The number of amides is 2. The zero-order chi connectivity index (χ0) is 15.2. The van der Waals surface area contributed by atoms with Crippen molar-refractivity contribution in [3.05, 3.63) is 30.3 Å². The Balaban J connectivity index is 2.70. The van der Waals surface area contributed by atoms with Gasteiger partial charge in [-0.25, -0.2) is 9.59 Å². The van der Waals surface area contributed by atoms with Crippen molar-refractivity contribution >= 4 is 17.7 Å². The molecule has 0 fully saturated rings. The molecule has 0 aromatic heterocycles. The van der Waals surface area contributed by atoms with E-state index in [4.69, 9.17) is 0 Å². The number of carbonyl (C=O) groups is 2. The van der Waals surface area contributed by atoms with Crippen LogP contribution in [0.25, 0.3) is 0 Å². The number of halogens is 3. The fraction of sp³-hybridized carbons (Fsp3) is 0.333. The van der Waals surface area contributed by atoms with Crippen LogP contribution in [0.2, 0.25) is 0 Å². The summed E-state index contributed by atoms with van der Waals surface area (Å²) in [6.07, 6.45) is -4.93. The largest absolute Gasteiger partial charge is 0.464 e. The molecule has 0 aliphatic carbocycles. The maximum absolute atomic E-state index is 12.6. The summed E-state index contributed by atoms with van der Waals surface area (Å²) in [4.78, 5) is 22.6. The van der Waals surface area contributed by atoms with Gasteiger partial charge >= 0.3 is 18.2 Å². The lowest BCUT2D eigenvalue weighted by atomic mass is 10.3. The van der Waals surface area contributed by atoms with Gasteiger partial charge in [-0.05, 0) is 19.1 Å². The minimum atomic E-state index is -4.93. The van der Waals surface area contributed by atoms with E-state index >= 15 is 0 Å². The van der Waals surface area contributed by atoms with Crippen LogP contribution < -0.4 is 10.6 Å². The van der Waals surface area contributed by atoms with Gasteiger partial charge in [0.15, 0.2) is 0 Å². The molecule has 1 atom stereocenters. The summed E-state index contributed by atoms with van der Waals surface area (Å²) < 4.78 is 42.2. The average molecular weight is 290 g/mol. The standard InChI is InChI=1S/C12H13F3N2O3/c1-2-20-10(18)9(12(13,14)15)17-11(19)16-8-6-4-3-5-7-8/h3-7,9H,2H2,1H3,(H2,16,17,19)/t9-/m0/s1. The molecule has 0 spiro atoms. The predicted octanol–water partition coefficient (Wildman–Crippen LogP) is 2.30. The van der Waals surface area contributed by atoms with Crippen molar-refractivity contribution in [3.63, 3.8) is 0 Å². The lowest BCUT2D eigenvalue weighted by Crippen LogP contribution is -2.52. The molecular formula is C12H13F3N2O3. The second kappa shape index (κ2) is 6.78. The summed E-state index contributed by atoms with van der Waals surface area (Å²) in [6, 6.07) is 4.02. The molecule has 0 saturated carbocycles. The molecule has 8 heteroatoms. The number of hydrogen-bond donors (Lipinski definition) is 2.